The summed E-state index contributed by atoms with van der Waals surface area (Å²) in [7, 11) is 1.83. The molecule has 2 N–H and O–H groups in total. The second-order valence-corrected chi connectivity index (χ2v) is 5.78. The van der Waals surface area contributed by atoms with Gasteiger partial charge in [-0.15, -0.1) is 0 Å². The lowest BCUT2D eigenvalue weighted by Gasteiger charge is -2.24. The standard InChI is InChI=1S/C16H22N4O2/c1-10(2)17-15(21)11(3)20(4)9-14-18-13-8-6-5-7-12(13)16(22)19-14/h5-8,10-11H,9H2,1-4H3,(H,17,21)(H,18,19,22)/t11-/m0/s1. The van der Waals surface area contributed by atoms with Crippen molar-refractivity contribution in [3.8, 4) is 0 Å². The molecule has 0 unspecified atom stereocenters. The Morgan fingerprint density at radius 1 is 1.32 bits per heavy atom. The number of aromatic nitrogens is 2. The van der Waals surface area contributed by atoms with Crippen LogP contribution in [0.3, 0.4) is 0 Å². The van der Waals surface area contributed by atoms with Crippen LogP contribution in [0.4, 0.5) is 0 Å². The first-order chi connectivity index (χ1) is 10.4. The van der Waals surface area contributed by atoms with Gasteiger partial charge in [-0.25, -0.2) is 4.98 Å². The van der Waals surface area contributed by atoms with E-state index in [4.69, 9.17) is 0 Å². The van der Waals surface area contributed by atoms with Crippen LogP contribution in [0, 0.1) is 0 Å². The maximum Gasteiger partial charge on any atom is 0.258 e. The third-order valence-corrected chi connectivity index (χ3v) is 3.53. The Labute approximate surface area is 129 Å². The fourth-order valence-corrected chi connectivity index (χ4v) is 2.19. The van der Waals surface area contributed by atoms with E-state index in [1.807, 2.05) is 50.9 Å². The molecular weight excluding hydrogens is 280 g/mol. The number of hydrogen-bond donors (Lipinski definition) is 2. The molecule has 1 aromatic carbocycles. The van der Waals surface area contributed by atoms with Crippen molar-refractivity contribution in [1.82, 2.24) is 20.2 Å². The van der Waals surface area contributed by atoms with Gasteiger partial charge in [0.25, 0.3) is 5.56 Å². The monoisotopic (exact) mass is 302 g/mol. The van der Waals surface area contributed by atoms with Gasteiger partial charge in [-0.3, -0.25) is 14.5 Å². The number of rotatable bonds is 5. The summed E-state index contributed by atoms with van der Waals surface area (Å²) in [5.74, 6) is 0.510. The highest BCUT2D eigenvalue weighted by molar-refractivity contribution is 5.81. The minimum Gasteiger partial charge on any atom is -0.353 e. The normalized spacial score (nSPS) is 12.8. The summed E-state index contributed by atoms with van der Waals surface area (Å²) >= 11 is 0. The first-order valence-corrected chi connectivity index (χ1v) is 7.37. The van der Waals surface area contributed by atoms with Gasteiger partial charge in [-0.2, -0.15) is 0 Å². The summed E-state index contributed by atoms with van der Waals surface area (Å²) in [5.41, 5.74) is 0.502. The van der Waals surface area contributed by atoms with Crippen LogP contribution in [0.25, 0.3) is 10.9 Å². The number of carbonyl (C=O) groups excluding carboxylic acids is 1. The number of carbonyl (C=O) groups is 1. The number of para-hydroxylation sites is 1. The quantitative estimate of drug-likeness (QED) is 0.872. The molecule has 1 atom stereocenters. The molecule has 2 rings (SSSR count). The van der Waals surface area contributed by atoms with Crippen molar-refractivity contribution in [2.75, 3.05) is 7.05 Å². The van der Waals surface area contributed by atoms with E-state index in [1.165, 1.54) is 0 Å². The molecule has 22 heavy (non-hydrogen) atoms. The van der Waals surface area contributed by atoms with Crippen LogP contribution in [0.5, 0.6) is 0 Å². The summed E-state index contributed by atoms with van der Waals surface area (Å²) in [6.45, 7) is 6.07. The van der Waals surface area contributed by atoms with Gasteiger partial charge in [0.2, 0.25) is 5.91 Å². The number of fused-ring (bicyclic) bond motifs is 1. The molecule has 0 radical (unpaired) electrons. The molecule has 0 aliphatic carbocycles. The topological polar surface area (TPSA) is 78.1 Å². The van der Waals surface area contributed by atoms with E-state index in [1.54, 1.807) is 6.07 Å². The molecule has 0 saturated carbocycles. The largest absolute Gasteiger partial charge is 0.353 e. The number of aromatic amines is 1. The van der Waals surface area contributed by atoms with E-state index in [9.17, 15) is 9.59 Å². The third kappa shape index (κ3) is 3.71. The molecule has 6 nitrogen and oxygen atoms in total. The first kappa shape index (κ1) is 16.2. The Kier molecular flexibility index (Phi) is 4.92. The number of likely N-dealkylation sites (N-methyl/N-ethyl adjacent to an activating group) is 1. The van der Waals surface area contributed by atoms with Crippen molar-refractivity contribution in [2.45, 2.75) is 39.4 Å². The third-order valence-electron chi connectivity index (χ3n) is 3.53. The summed E-state index contributed by atoms with van der Waals surface area (Å²) in [6, 6.07) is 7.00. The van der Waals surface area contributed by atoms with Crippen LogP contribution in [0.2, 0.25) is 0 Å². The van der Waals surface area contributed by atoms with Crippen LogP contribution in [0.15, 0.2) is 29.1 Å². The zero-order valence-corrected chi connectivity index (χ0v) is 13.4. The summed E-state index contributed by atoms with van der Waals surface area (Å²) < 4.78 is 0. The van der Waals surface area contributed by atoms with E-state index in [0.29, 0.717) is 23.3 Å². The summed E-state index contributed by atoms with van der Waals surface area (Å²) in [4.78, 5) is 33.1. The SMILES string of the molecule is CC(C)NC(=O)[C@H](C)N(C)Cc1nc2ccccc2c(=O)[nH]1. The lowest BCUT2D eigenvalue weighted by atomic mass is 10.2. The smallest absolute Gasteiger partial charge is 0.258 e. The zero-order valence-electron chi connectivity index (χ0n) is 13.4. The molecule has 0 aliphatic heterocycles. The van der Waals surface area contributed by atoms with Crippen molar-refractivity contribution in [1.29, 1.82) is 0 Å². The van der Waals surface area contributed by atoms with Crippen molar-refractivity contribution in [3.63, 3.8) is 0 Å². The minimum atomic E-state index is -0.306. The fraction of sp³-hybridized carbons (Fsp3) is 0.438. The average Bonchev–Trinajstić information content (AvgIpc) is 2.45. The van der Waals surface area contributed by atoms with Crippen molar-refractivity contribution >= 4 is 16.8 Å². The van der Waals surface area contributed by atoms with Crippen LogP contribution in [0.1, 0.15) is 26.6 Å². The predicted molar refractivity (Wildman–Crippen MR) is 86.6 cm³/mol. The van der Waals surface area contributed by atoms with E-state index in [2.05, 4.69) is 15.3 Å². The highest BCUT2D eigenvalue weighted by Crippen LogP contribution is 2.08. The molecule has 0 bridgehead atoms. The number of hydrogen-bond acceptors (Lipinski definition) is 4. The summed E-state index contributed by atoms with van der Waals surface area (Å²) in [5, 5.41) is 3.45. The Balaban J connectivity index is 2.16. The van der Waals surface area contributed by atoms with Crippen molar-refractivity contribution in [3.05, 3.63) is 40.4 Å². The molecule has 6 heteroatoms. The molecule has 118 valence electrons. The number of nitrogens with zero attached hydrogens (tertiary/aromatic N) is 2. The van der Waals surface area contributed by atoms with Crippen LogP contribution in [-0.4, -0.2) is 39.9 Å². The molecule has 0 saturated heterocycles. The van der Waals surface area contributed by atoms with Crippen molar-refractivity contribution in [2.24, 2.45) is 0 Å². The maximum atomic E-state index is 12.0. The zero-order chi connectivity index (χ0) is 16.3. The number of nitrogens with one attached hydrogen (secondary N) is 2. The van der Waals surface area contributed by atoms with Gasteiger partial charge in [0.05, 0.1) is 23.5 Å². The van der Waals surface area contributed by atoms with E-state index in [0.717, 1.165) is 0 Å². The molecule has 0 spiro atoms. The Morgan fingerprint density at radius 2 is 2.00 bits per heavy atom. The van der Waals surface area contributed by atoms with Crippen LogP contribution >= 0.6 is 0 Å². The van der Waals surface area contributed by atoms with E-state index < -0.39 is 0 Å². The highest BCUT2D eigenvalue weighted by Gasteiger charge is 2.19. The maximum absolute atomic E-state index is 12.0. The number of benzene rings is 1. The fourth-order valence-electron chi connectivity index (χ4n) is 2.19. The molecule has 0 aliphatic rings. The lowest BCUT2D eigenvalue weighted by Crippen LogP contribution is -2.45. The lowest BCUT2D eigenvalue weighted by molar-refractivity contribution is -0.126. The summed E-state index contributed by atoms with van der Waals surface area (Å²) in [6.07, 6.45) is 0. The van der Waals surface area contributed by atoms with E-state index in [-0.39, 0.29) is 23.6 Å². The second kappa shape index (κ2) is 6.70. The van der Waals surface area contributed by atoms with Crippen LogP contribution < -0.4 is 10.9 Å². The van der Waals surface area contributed by atoms with Gasteiger partial charge in [0.1, 0.15) is 5.82 Å². The van der Waals surface area contributed by atoms with Gasteiger partial charge in [0, 0.05) is 6.04 Å². The highest BCUT2D eigenvalue weighted by atomic mass is 16.2. The molecule has 1 aromatic heterocycles. The van der Waals surface area contributed by atoms with Gasteiger partial charge in [-0.05, 0) is 40.0 Å². The van der Waals surface area contributed by atoms with E-state index >= 15 is 0 Å². The van der Waals surface area contributed by atoms with Crippen molar-refractivity contribution < 1.29 is 4.79 Å². The van der Waals surface area contributed by atoms with Gasteiger partial charge >= 0.3 is 0 Å². The Hall–Kier alpha value is -2.21. The molecule has 2 aromatic rings. The Morgan fingerprint density at radius 3 is 2.68 bits per heavy atom. The first-order valence-electron chi connectivity index (χ1n) is 7.37. The van der Waals surface area contributed by atoms with Gasteiger partial charge in [-0.1, -0.05) is 12.1 Å². The predicted octanol–water partition coefficient (Wildman–Crippen LogP) is 1.27. The minimum absolute atomic E-state index is 0.0411. The van der Waals surface area contributed by atoms with Crippen LogP contribution in [-0.2, 0) is 11.3 Å². The number of amides is 1. The van der Waals surface area contributed by atoms with Gasteiger partial charge < -0.3 is 10.3 Å². The number of H-pyrrole nitrogens is 1. The molecule has 1 amide bonds. The second-order valence-electron chi connectivity index (χ2n) is 5.78. The average molecular weight is 302 g/mol. The van der Waals surface area contributed by atoms with Gasteiger partial charge in [0.15, 0.2) is 0 Å². The molecular formula is C16H22N4O2. The molecule has 0 fully saturated rings. The molecule has 1 heterocycles. The Bertz CT molecular complexity index is 723.